The highest BCUT2D eigenvalue weighted by atomic mass is 16.7. The summed E-state index contributed by atoms with van der Waals surface area (Å²) in [4.78, 5) is 31.7. The number of fused-ring (bicyclic) bond motifs is 2. The molecule has 4 N–H and O–H groups in total. The molecule has 2 aromatic carbocycles. The zero-order chi connectivity index (χ0) is 34.8. The van der Waals surface area contributed by atoms with Crippen molar-refractivity contribution in [3.05, 3.63) is 83.5 Å². The molecule has 3 fully saturated rings. The molecule has 12 nitrogen and oxygen atoms in total. The number of anilines is 1. The number of aromatic nitrogens is 1. The van der Waals surface area contributed by atoms with Gasteiger partial charge < -0.3 is 34.4 Å². The fourth-order valence-electron chi connectivity index (χ4n) is 7.82. The van der Waals surface area contributed by atoms with Gasteiger partial charge in [-0.25, -0.2) is 9.80 Å². The van der Waals surface area contributed by atoms with Gasteiger partial charge >= 0.3 is 6.09 Å². The molecule has 7 rings (SSSR count). The van der Waals surface area contributed by atoms with Crippen LogP contribution in [0.1, 0.15) is 56.0 Å². The van der Waals surface area contributed by atoms with Crippen molar-refractivity contribution in [3.63, 3.8) is 0 Å². The molecule has 50 heavy (non-hydrogen) atoms. The van der Waals surface area contributed by atoms with E-state index in [0.717, 1.165) is 24.0 Å². The van der Waals surface area contributed by atoms with E-state index < -0.39 is 18.2 Å². The summed E-state index contributed by atoms with van der Waals surface area (Å²) in [7, 11) is 0. The molecule has 2 bridgehead atoms. The minimum atomic E-state index is -1.06. The van der Waals surface area contributed by atoms with E-state index in [-0.39, 0.29) is 48.6 Å². The molecule has 3 heterocycles. The monoisotopic (exact) mass is 685 g/mol. The first kappa shape index (κ1) is 34.2. The van der Waals surface area contributed by atoms with Crippen LogP contribution in [0.2, 0.25) is 0 Å². The highest BCUT2D eigenvalue weighted by molar-refractivity contribution is 5.96. The maximum absolute atomic E-state index is 13.7. The van der Waals surface area contributed by atoms with Gasteiger partial charge in [0.05, 0.1) is 25.4 Å². The number of amides is 2. The van der Waals surface area contributed by atoms with Gasteiger partial charge in [-0.1, -0.05) is 61.1 Å². The molecule has 2 amide bonds. The van der Waals surface area contributed by atoms with Crippen molar-refractivity contribution in [2.75, 3.05) is 25.1 Å². The van der Waals surface area contributed by atoms with Gasteiger partial charge in [0, 0.05) is 42.4 Å². The van der Waals surface area contributed by atoms with Crippen LogP contribution in [-0.2, 0) is 20.8 Å². The van der Waals surface area contributed by atoms with E-state index in [1.165, 1.54) is 0 Å². The van der Waals surface area contributed by atoms with E-state index in [4.69, 9.17) is 18.6 Å². The predicted octanol–water partition coefficient (Wildman–Crippen LogP) is 5.17. The number of carbonyl (C=O) groups excluding carboxylic acids is 2. The standard InChI is InChI=1S/C38H47N5O7/c1-22(2)39-37-40-29-15-14-26(17-32(29)49-37)35(45)42-43(18-25-12-8-5-9-13-25)19-31(44)30(16-24-10-6-4-7-11-24)41-38(46)50-34-27-20-47-36-33(23(27)3)28(34)21-48-36/h5-6,8-15,17,22-23,27-28,30-31,33-34,36,44H,4,7,16,18-21H2,1-3H3,(H,39,40)(H,41,46)(H,42,45)/t23-,27?,28?,30-,31-,33?,34?,36?/m0/s1. The first-order valence-electron chi connectivity index (χ1n) is 17.7. The number of alkyl carbamates (subject to hydrolysis) is 1. The van der Waals surface area contributed by atoms with Crippen LogP contribution in [-0.4, -0.2) is 77.4 Å². The number of ether oxygens (including phenoxy) is 3. The van der Waals surface area contributed by atoms with E-state index in [9.17, 15) is 14.7 Å². The molecule has 8 atom stereocenters. The van der Waals surface area contributed by atoms with Crippen molar-refractivity contribution >= 4 is 29.1 Å². The zero-order valence-electron chi connectivity index (χ0n) is 28.8. The summed E-state index contributed by atoms with van der Waals surface area (Å²) in [5.41, 5.74) is 6.46. The predicted molar refractivity (Wildman–Crippen MR) is 187 cm³/mol. The number of aliphatic hydroxyl groups is 1. The van der Waals surface area contributed by atoms with Crippen LogP contribution in [0, 0.1) is 23.7 Å². The lowest BCUT2D eigenvalue weighted by Crippen LogP contribution is -2.53. The summed E-state index contributed by atoms with van der Waals surface area (Å²) in [6, 6.07) is 14.6. The highest BCUT2D eigenvalue weighted by Crippen LogP contribution is 2.52. The highest BCUT2D eigenvalue weighted by Gasteiger charge is 2.60. The summed E-state index contributed by atoms with van der Waals surface area (Å²) < 4.78 is 23.7. The van der Waals surface area contributed by atoms with E-state index >= 15 is 0 Å². The Bertz CT molecular complexity index is 1720. The molecule has 2 saturated heterocycles. The van der Waals surface area contributed by atoms with Crippen molar-refractivity contribution in [2.45, 2.75) is 77.2 Å². The van der Waals surface area contributed by atoms with Crippen LogP contribution in [0.4, 0.5) is 10.8 Å². The molecule has 266 valence electrons. The minimum absolute atomic E-state index is 0.0345. The summed E-state index contributed by atoms with van der Waals surface area (Å²) in [5.74, 6) is 0.369. The summed E-state index contributed by atoms with van der Waals surface area (Å²) in [6.45, 7) is 7.52. The largest absolute Gasteiger partial charge is 0.445 e. The van der Waals surface area contributed by atoms with Gasteiger partial charge in [0.25, 0.3) is 11.9 Å². The van der Waals surface area contributed by atoms with Crippen LogP contribution in [0.15, 0.2) is 76.7 Å². The smallest absolute Gasteiger partial charge is 0.407 e. The Balaban J connectivity index is 1.07. The van der Waals surface area contributed by atoms with Crippen LogP contribution < -0.4 is 16.1 Å². The topological polar surface area (TPSA) is 147 Å². The van der Waals surface area contributed by atoms with Crippen molar-refractivity contribution < 1.29 is 33.3 Å². The van der Waals surface area contributed by atoms with Crippen LogP contribution in [0.3, 0.4) is 0 Å². The third kappa shape index (κ3) is 7.58. The van der Waals surface area contributed by atoms with Crippen LogP contribution in [0.25, 0.3) is 11.1 Å². The molecule has 5 unspecified atom stereocenters. The summed E-state index contributed by atoms with van der Waals surface area (Å²) in [5, 5.41) is 19.6. The Morgan fingerprint density at radius 1 is 1.08 bits per heavy atom. The first-order chi connectivity index (χ1) is 24.2. The molecule has 1 aromatic heterocycles. The van der Waals surface area contributed by atoms with Gasteiger partial charge in [-0.05, 0) is 62.8 Å². The number of hydrazine groups is 1. The maximum atomic E-state index is 13.7. The van der Waals surface area contributed by atoms with E-state index in [2.05, 4.69) is 40.1 Å². The second-order valence-electron chi connectivity index (χ2n) is 14.3. The summed E-state index contributed by atoms with van der Waals surface area (Å²) in [6.07, 6.45) is 6.33. The Kier molecular flexibility index (Phi) is 10.2. The van der Waals surface area contributed by atoms with Crippen molar-refractivity contribution in [3.8, 4) is 0 Å². The van der Waals surface area contributed by atoms with Gasteiger partial charge in [-0.3, -0.25) is 10.2 Å². The number of rotatable bonds is 13. The number of allylic oxidation sites excluding steroid dienone is 3. The summed E-state index contributed by atoms with van der Waals surface area (Å²) >= 11 is 0. The first-order valence-corrected chi connectivity index (χ1v) is 17.7. The fraction of sp³-hybridized carbons (Fsp3) is 0.500. The lowest BCUT2D eigenvalue weighted by Gasteiger charge is -2.33. The SMILES string of the molecule is CC(C)Nc1nc2ccc(C(=O)NN(Cc3ccccc3)C[C@H](O)[C@H](CC3=CCCC=C3)NC(=O)OC3C4COC5OCC3[C@H](C)C54)cc2o1. The van der Waals surface area contributed by atoms with Gasteiger partial charge in [-0.15, -0.1) is 0 Å². The average molecular weight is 686 g/mol. The Morgan fingerprint density at radius 2 is 1.88 bits per heavy atom. The number of aliphatic hydroxyl groups excluding tert-OH is 1. The van der Waals surface area contributed by atoms with Gasteiger partial charge in [0.1, 0.15) is 11.6 Å². The Hall–Kier alpha value is -4.23. The van der Waals surface area contributed by atoms with Crippen LogP contribution >= 0.6 is 0 Å². The molecule has 0 radical (unpaired) electrons. The molecule has 3 aromatic rings. The quantitative estimate of drug-likeness (QED) is 0.178. The molecular formula is C38H47N5O7. The molecule has 12 heteroatoms. The molecule has 4 aliphatic rings. The third-order valence-electron chi connectivity index (χ3n) is 10.3. The number of hydrogen-bond donors (Lipinski definition) is 4. The van der Waals surface area contributed by atoms with Gasteiger partial charge in [0.15, 0.2) is 11.9 Å². The zero-order valence-corrected chi connectivity index (χ0v) is 28.8. The number of oxazole rings is 1. The van der Waals surface area contributed by atoms with E-state index in [1.54, 1.807) is 23.2 Å². The lowest BCUT2D eigenvalue weighted by molar-refractivity contribution is -0.183. The maximum Gasteiger partial charge on any atom is 0.407 e. The molecule has 0 spiro atoms. The van der Waals surface area contributed by atoms with Crippen molar-refractivity contribution in [2.24, 2.45) is 23.7 Å². The average Bonchev–Trinajstić information content (AvgIpc) is 3.74. The second kappa shape index (κ2) is 14.9. The van der Waals surface area contributed by atoms with Gasteiger partial charge in [0.2, 0.25) is 0 Å². The molecule has 2 aliphatic heterocycles. The molecule has 2 aliphatic carbocycles. The molecular weight excluding hydrogens is 638 g/mol. The number of carbonyl (C=O) groups is 2. The van der Waals surface area contributed by atoms with E-state index in [0.29, 0.717) is 54.8 Å². The second-order valence-corrected chi connectivity index (χ2v) is 14.3. The number of hydrogen-bond acceptors (Lipinski definition) is 10. The Labute approximate surface area is 292 Å². The Morgan fingerprint density at radius 3 is 2.64 bits per heavy atom. The lowest BCUT2D eigenvalue weighted by atomic mass is 9.88. The normalized spacial score (nSPS) is 26.6. The van der Waals surface area contributed by atoms with E-state index in [1.807, 2.05) is 50.3 Å². The van der Waals surface area contributed by atoms with Crippen LogP contribution in [0.5, 0.6) is 0 Å². The molecule has 1 saturated carbocycles. The number of nitrogens with zero attached hydrogens (tertiary/aromatic N) is 2. The fourth-order valence-corrected chi connectivity index (χ4v) is 7.82. The van der Waals surface area contributed by atoms with Gasteiger partial charge in [-0.2, -0.15) is 4.98 Å². The third-order valence-corrected chi connectivity index (χ3v) is 10.3. The minimum Gasteiger partial charge on any atom is -0.445 e. The van der Waals surface area contributed by atoms with Crippen molar-refractivity contribution in [1.29, 1.82) is 0 Å². The van der Waals surface area contributed by atoms with Crippen molar-refractivity contribution in [1.82, 2.24) is 20.7 Å². The number of benzene rings is 2. The number of nitrogens with one attached hydrogen (secondary N) is 3.